The molecule has 1 aliphatic heterocycles. The predicted molar refractivity (Wildman–Crippen MR) is 82.7 cm³/mol. The molecule has 1 heterocycles. The van der Waals surface area contributed by atoms with Crippen molar-refractivity contribution in [3.05, 3.63) is 27.1 Å². The third-order valence-corrected chi connectivity index (χ3v) is 6.12. The molecule has 1 aromatic rings. The lowest BCUT2D eigenvalue weighted by atomic mass is 10.1. The highest BCUT2D eigenvalue weighted by Crippen LogP contribution is 2.26. The Morgan fingerprint density at radius 1 is 1.37 bits per heavy atom. The third-order valence-electron chi connectivity index (χ3n) is 3.13. The maximum absolute atomic E-state index is 12.4. The molecule has 1 atom stereocenters. The first kappa shape index (κ1) is 15.4. The van der Waals surface area contributed by atoms with E-state index in [2.05, 4.69) is 41.5 Å². The minimum absolute atomic E-state index is 0.0145. The fourth-order valence-electron chi connectivity index (χ4n) is 2.24. The number of halogens is 2. The summed E-state index contributed by atoms with van der Waals surface area (Å²) in [5, 5.41) is 0. The standard InChI is InChI=1S/C12H16Br2N2O2S/c1-16-6-2-3-10(8-16)15-19(17,18)12-5-4-9(13)7-11(12)14/h4-5,7,10,15H,2-3,6,8H2,1H3. The van der Waals surface area contributed by atoms with Crippen LogP contribution in [0, 0.1) is 0 Å². The van der Waals surface area contributed by atoms with Gasteiger partial charge in [-0.2, -0.15) is 0 Å². The number of rotatable bonds is 3. The fourth-order valence-corrected chi connectivity index (χ4v) is 5.25. The zero-order valence-corrected chi connectivity index (χ0v) is 14.6. The van der Waals surface area contributed by atoms with Gasteiger partial charge in [0.1, 0.15) is 0 Å². The predicted octanol–water partition coefficient (Wildman–Crippen LogP) is 2.58. The number of sulfonamides is 1. The van der Waals surface area contributed by atoms with E-state index in [9.17, 15) is 8.42 Å². The molecule has 0 aromatic heterocycles. The van der Waals surface area contributed by atoms with Gasteiger partial charge in [-0.1, -0.05) is 15.9 Å². The number of piperidine rings is 1. The van der Waals surface area contributed by atoms with Crippen LogP contribution in [0.5, 0.6) is 0 Å². The highest BCUT2D eigenvalue weighted by atomic mass is 79.9. The highest BCUT2D eigenvalue weighted by Gasteiger charge is 2.25. The van der Waals surface area contributed by atoms with Crippen LogP contribution in [-0.4, -0.2) is 39.5 Å². The number of hydrogen-bond donors (Lipinski definition) is 1. The Kier molecular flexibility index (Phi) is 5.05. The van der Waals surface area contributed by atoms with Crippen LogP contribution in [-0.2, 0) is 10.0 Å². The first-order valence-corrected chi connectivity index (χ1v) is 9.11. The Hall–Kier alpha value is 0.0500. The van der Waals surface area contributed by atoms with E-state index in [0.717, 1.165) is 30.4 Å². The topological polar surface area (TPSA) is 49.4 Å². The monoisotopic (exact) mass is 410 g/mol. The van der Waals surface area contributed by atoms with Gasteiger partial charge in [-0.25, -0.2) is 13.1 Å². The second kappa shape index (κ2) is 6.22. The van der Waals surface area contributed by atoms with Crippen molar-refractivity contribution in [3.63, 3.8) is 0 Å². The Morgan fingerprint density at radius 3 is 2.74 bits per heavy atom. The molecule has 0 radical (unpaired) electrons. The fraction of sp³-hybridized carbons (Fsp3) is 0.500. The first-order valence-electron chi connectivity index (χ1n) is 6.04. The number of hydrogen-bond acceptors (Lipinski definition) is 3. The molecule has 1 N–H and O–H groups in total. The largest absolute Gasteiger partial charge is 0.305 e. The van der Waals surface area contributed by atoms with Crippen LogP contribution in [0.25, 0.3) is 0 Å². The molecule has 0 spiro atoms. The summed E-state index contributed by atoms with van der Waals surface area (Å²) in [4.78, 5) is 2.43. The van der Waals surface area contributed by atoms with Crippen LogP contribution >= 0.6 is 31.9 Å². The Morgan fingerprint density at radius 2 is 2.11 bits per heavy atom. The zero-order valence-electron chi connectivity index (χ0n) is 10.6. The van der Waals surface area contributed by atoms with E-state index in [1.54, 1.807) is 18.2 Å². The SMILES string of the molecule is CN1CCCC(NS(=O)(=O)c2ccc(Br)cc2Br)C1. The number of nitrogens with one attached hydrogen (secondary N) is 1. The van der Waals surface area contributed by atoms with E-state index in [1.807, 2.05) is 7.05 Å². The minimum Gasteiger partial charge on any atom is -0.305 e. The summed E-state index contributed by atoms with van der Waals surface area (Å²) in [7, 11) is -1.47. The number of likely N-dealkylation sites (N-methyl/N-ethyl adjacent to an activating group) is 1. The Bertz CT molecular complexity index is 563. The van der Waals surface area contributed by atoms with Crippen molar-refractivity contribution in [2.24, 2.45) is 0 Å². The summed E-state index contributed by atoms with van der Waals surface area (Å²) >= 11 is 6.62. The summed E-state index contributed by atoms with van der Waals surface area (Å²) in [6.45, 7) is 1.79. The van der Waals surface area contributed by atoms with Gasteiger partial charge >= 0.3 is 0 Å². The molecule has 1 unspecified atom stereocenters. The van der Waals surface area contributed by atoms with Crippen molar-refractivity contribution < 1.29 is 8.42 Å². The van der Waals surface area contributed by atoms with E-state index < -0.39 is 10.0 Å². The molecular weight excluding hydrogens is 396 g/mol. The molecule has 0 aliphatic carbocycles. The van der Waals surface area contributed by atoms with Crippen LogP contribution in [0.2, 0.25) is 0 Å². The summed E-state index contributed by atoms with van der Waals surface area (Å²) < 4.78 is 28.9. The molecule has 7 heteroatoms. The molecule has 4 nitrogen and oxygen atoms in total. The summed E-state index contributed by atoms with van der Waals surface area (Å²) in [5.74, 6) is 0. The van der Waals surface area contributed by atoms with Crippen molar-refractivity contribution in [1.29, 1.82) is 0 Å². The van der Waals surface area contributed by atoms with Crippen LogP contribution < -0.4 is 4.72 Å². The van der Waals surface area contributed by atoms with Gasteiger partial charge in [0.2, 0.25) is 10.0 Å². The van der Waals surface area contributed by atoms with E-state index in [-0.39, 0.29) is 10.9 Å². The zero-order chi connectivity index (χ0) is 14.0. The number of likely N-dealkylation sites (tertiary alicyclic amines) is 1. The van der Waals surface area contributed by atoms with Gasteiger partial charge in [0.15, 0.2) is 0 Å². The Balaban J connectivity index is 2.18. The van der Waals surface area contributed by atoms with Gasteiger partial charge in [-0.05, 0) is 60.6 Å². The maximum atomic E-state index is 12.4. The summed E-state index contributed by atoms with van der Waals surface area (Å²) in [5.41, 5.74) is 0. The lowest BCUT2D eigenvalue weighted by Crippen LogP contribution is -2.46. The van der Waals surface area contributed by atoms with E-state index in [0.29, 0.717) is 4.47 Å². The second-order valence-corrected chi connectivity index (χ2v) is 8.25. The average molecular weight is 412 g/mol. The lowest BCUT2D eigenvalue weighted by Gasteiger charge is -2.30. The summed E-state index contributed by atoms with van der Waals surface area (Å²) in [6, 6.07) is 5.05. The molecule has 1 aliphatic rings. The van der Waals surface area contributed by atoms with E-state index in [1.165, 1.54) is 0 Å². The molecule has 2 rings (SSSR count). The van der Waals surface area contributed by atoms with Gasteiger partial charge in [0, 0.05) is 21.5 Å². The normalized spacial score (nSPS) is 21.5. The van der Waals surface area contributed by atoms with Gasteiger partial charge in [-0.3, -0.25) is 0 Å². The van der Waals surface area contributed by atoms with Crippen LogP contribution in [0.3, 0.4) is 0 Å². The Labute approximate surface area is 130 Å². The van der Waals surface area contributed by atoms with Crippen molar-refractivity contribution >= 4 is 41.9 Å². The molecule has 19 heavy (non-hydrogen) atoms. The van der Waals surface area contributed by atoms with E-state index in [4.69, 9.17) is 0 Å². The van der Waals surface area contributed by atoms with Crippen molar-refractivity contribution in [1.82, 2.24) is 9.62 Å². The van der Waals surface area contributed by atoms with Gasteiger partial charge in [-0.15, -0.1) is 0 Å². The third kappa shape index (κ3) is 4.01. The van der Waals surface area contributed by atoms with Crippen molar-refractivity contribution in [2.75, 3.05) is 20.1 Å². The molecule has 106 valence electrons. The molecule has 0 saturated carbocycles. The highest BCUT2D eigenvalue weighted by molar-refractivity contribution is 9.11. The molecule has 0 bridgehead atoms. The van der Waals surface area contributed by atoms with Crippen LogP contribution in [0.4, 0.5) is 0 Å². The van der Waals surface area contributed by atoms with Crippen LogP contribution in [0.1, 0.15) is 12.8 Å². The molecule has 1 saturated heterocycles. The lowest BCUT2D eigenvalue weighted by molar-refractivity contribution is 0.242. The maximum Gasteiger partial charge on any atom is 0.241 e. The molecule has 1 aromatic carbocycles. The van der Waals surface area contributed by atoms with Crippen LogP contribution in [0.15, 0.2) is 32.0 Å². The first-order chi connectivity index (χ1) is 8.88. The average Bonchev–Trinajstić information content (AvgIpc) is 2.27. The number of nitrogens with zero attached hydrogens (tertiary/aromatic N) is 1. The van der Waals surface area contributed by atoms with Crippen molar-refractivity contribution in [3.8, 4) is 0 Å². The van der Waals surface area contributed by atoms with Gasteiger partial charge in [0.25, 0.3) is 0 Å². The number of benzene rings is 1. The smallest absolute Gasteiger partial charge is 0.241 e. The molecule has 1 fully saturated rings. The van der Waals surface area contributed by atoms with Gasteiger partial charge < -0.3 is 4.90 Å². The second-order valence-electron chi connectivity index (χ2n) is 4.80. The molecular formula is C12H16Br2N2O2S. The quantitative estimate of drug-likeness (QED) is 0.831. The van der Waals surface area contributed by atoms with Crippen molar-refractivity contribution in [2.45, 2.75) is 23.8 Å². The minimum atomic E-state index is -3.48. The van der Waals surface area contributed by atoms with E-state index >= 15 is 0 Å². The summed E-state index contributed by atoms with van der Waals surface area (Å²) in [6.07, 6.45) is 1.91. The molecule has 0 amide bonds. The van der Waals surface area contributed by atoms with Gasteiger partial charge in [0.05, 0.1) is 4.90 Å².